The molecule has 0 bridgehead atoms. The molecule has 0 saturated heterocycles. The smallest absolute Gasteiger partial charge is 0.230 e. The predicted octanol–water partition coefficient (Wildman–Crippen LogP) is 3.70. The van der Waals surface area contributed by atoms with Crippen LogP contribution in [0.15, 0.2) is 53.6 Å². The fourth-order valence-corrected chi connectivity index (χ4v) is 3.90. The summed E-state index contributed by atoms with van der Waals surface area (Å²) in [5.41, 5.74) is 2.39. The molecule has 0 aromatic carbocycles. The van der Waals surface area contributed by atoms with E-state index >= 15 is 0 Å². The SMILES string of the molecule is O=C(Cc1csc(-c2cccs2)n1)Nc1ccc2nccn2c1. The minimum absolute atomic E-state index is 0.0764. The molecular weight excluding hydrogens is 328 g/mol. The number of anilines is 1. The van der Waals surface area contributed by atoms with Gasteiger partial charge in [-0.1, -0.05) is 6.07 Å². The monoisotopic (exact) mass is 340 g/mol. The average molecular weight is 340 g/mol. The van der Waals surface area contributed by atoms with Gasteiger partial charge in [-0.25, -0.2) is 9.97 Å². The van der Waals surface area contributed by atoms with Crippen molar-refractivity contribution >= 4 is 39.9 Å². The molecule has 0 aliphatic heterocycles. The highest BCUT2D eigenvalue weighted by Gasteiger charge is 2.10. The summed E-state index contributed by atoms with van der Waals surface area (Å²) in [5, 5.41) is 7.82. The molecule has 0 unspecified atom stereocenters. The van der Waals surface area contributed by atoms with E-state index in [1.165, 1.54) is 0 Å². The van der Waals surface area contributed by atoms with Crippen LogP contribution in [0.2, 0.25) is 0 Å². The van der Waals surface area contributed by atoms with Gasteiger partial charge in [-0.05, 0) is 23.6 Å². The lowest BCUT2D eigenvalue weighted by molar-refractivity contribution is -0.115. The third-order valence-corrected chi connectivity index (χ3v) is 5.23. The van der Waals surface area contributed by atoms with Crippen molar-refractivity contribution in [3.05, 3.63) is 59.3 Å². The minimum atomic E-state index is -0.0764. The number of thiazole rings is 1. The Balaban J connectivity index is 1.45. The first-order valence-corrected chi connectivity index (χ1v) is 8.75. The zero-order chi connectivity index (χ0) is 15.6. The topological polar surface area (TPSA) is 59.3 Å². The summed E-state index contributed by atoms with van der Waals surface area (Å²) in [6.45, 7) is 0. The lowest BCUT2D eigenvalue weighted by Gasteiger charge is -2.04. The molecule has 23 heavy (non-hydrogen) atoms. The lowest BCUT2D eigenvalue weighted by Crippen LogP contribution is -2.14. The Bertz CT molecular complexity index is 955. The van der Waals surface area contributed by atoms with Crippen molar-refractivity contribution in [3.8, 4) is 9.88 Å². The fourth-order valence-electron chi connectivity index (χ4n) is 2.27. The van der Waals surface area contributed by atoms with Crippen LogP contribution in [-0.2, 0) is 11.2 Å². The van der Waals surface area contributed by atoms with Gasteiger partial charge in [0.1, 0.15) is 10.7 Å². The molecule has 7 heteroatoms. The van der Waals surface area contributed by atoms with Crippen molar-refractivity contribution in [1.82, 2.24) is 14.4 Å². The number of rotatable bonds is 4. The molecule has 0 aliphatic carbocycles. The maximum atomic E-state index is 12.2. The Morgan fingerprint density at radius 1 is 1.26 bits per heavy atom. The number of nitrogens with one attached hydrogen (secondary N) is 1. The minimum Gasteiger partial charge on any atom is -0.324 e. The lowest BCUT2D eigenvalue weighted by atomic mass is 10.3. The number of nitrogens with zero attached hydrogens (tertiary/aromatic N) is 3. The Morgan fingerprint density at radius 2 is 2.22 bits per heavy atom. The van der Waals surface area contributed by atoms with Gasteiger partial charge in [0.2, 0.25) is 5.91 Å². The highest BCUT2D eigenvalue weighted by atomic mass is 32.1. The van der Waals surface area contributed by atoms with Crippen LogP contribution in [0.4, 0.5) is 5.69 Å². The van der Waals surface area contributed by atoms with Gasteiger partial charge in [0.25, 0.3) is 0 Å². The van der Waals surface area contributed by atoms with E-state index in [1.54, 1.807) is 28.9 Å². The van der Waals surface area contributed by atoms with E-state index in [1.807, 2.05) is 51.8 Å². The number of hydrogen-bond acceptors (Lipinski definition) is 5. The fraction of sp³-hybridized carbons (Fsp3) is 0.0625. The van der Waals surface area contributed by atoms with Crippen LogP contribution in [0.5, 0.6) is 0 Å². The Hall–Kier alpha value is -2.51. The van der Waals surface area contributed by atoms with E-state index in [-0.39, 0.29) is 12.3 Å². The molecule has 114 valence electrons. The van der Waals surface area contributed by atoms with Crippen LogP contribution >= 0.6 is 22.7 Å². The standard InChI is InChI=1S/C16H12N4OS2/c21-15(18-11-3-4-14-17-5-6-20(14)9-11)8-12-10-23-16(19-12)13-2-1-7-22-13/h1-7,9-10H,8H2,(H,18,21). The normalized spacial score (nSPS) is 11.0. The van der Waals surface area contributed by atoms with Crippen molar-refractivity contribution in [2.45, 2.75) is 6.42 Å². The van der Waals surface area contributed by atoms with E-state index in [9.17, 15) is 4.79 Å². The molecule has 0 saturated carbocycles. The highest BCUT2D eigenvalue weighted by Crippen LogP contribution is 2.27. The van der Waals surface area contributed by atoms with Gasteiger partial charge in [0.15, 0.2) is 0 Å². The van der Waals surface area contributed by atoms with Gasteiger partial charge in [-0.15, -0.1) is 22.7 Å². The number of imidazole rings is 1. The number of hydrogen-bond donors (Lipinski definition) is 1. The molecule has 0 spiro atoms. The highest BCUT2D eigenvalue weighted by molar-refractivity contribution is 7.20. The van der Waals surface area contributed by atoms with Crippen LogP contribution in [0.3, 0.4) is 0 Å². The predicted molar refractivity (Wildman–Crippen MR) is 93.0 cm³/mol. The van der Waals surface area contributed by atoms with Gasteiger partial charge in [0.05, 0.1) is 22.7 Å². The number of fused-ring (bicyclic) bond motifs is 1. The number of carbonyl (C=O) groups is 1. The number of aromatic nitrogens is 3. The first-order valence-electron chi connectivity index (χ1n) is 6.99. The number of amides is 1. The molecule has 4 aromatic heterocycles. The zero-order valence-corrected chi connectivity index (χ0v) is 13.6. The maximum Gasteiger partial charge on any atom is 0.230 e. The molecule has 4 heterocycles. The van der Waals surface area contributed by atoms with E-state index in [2.05, 4.69) is 15.3 Å². The average Bonchev–Trinajstić information content (AvgIpc) is 3.27. The van der Waals surface area contributed by atoms with Crippen molar-refractivity contribution in [2.24, 2.45) is 0 Å². The molecule has 0 atom stereocenters. The van der Waals surface area contributed by atoms with Crippen molar-refractivity contribution in [2.75, 3.05) is 5.32 Å². The van der Waals surface area contributed by atoms with E-state index < -0.39 is 0 Å². The maximum absolute atomic E-state index is 12.2. The Kier molecular flexibility index (Phi) is 3.64. The van der Waals surface area contributed by atoms with Crippen molar-refractivity contribution in [1.29, 1.82) is 0 Å². The second-order valence-electron chi connectivity index (χ2n) is 4.96. The van der Waals surface area contributed by atoms with E-state index in [0.29, 0.717) is 0 Å². The second kappa shape index (κ2) is 5.94. The molecule has 4 rings (SSSR count). The molecule has 0 radical (unpaired) electrons. The van der Waals surface area contributed by atoms with Crippen molar-refractivity contribution in [3.63, 3.8) is 0 Å². The molecule has 4 aromatic rings. The number of pyridine rings is 1. The first kappa shape index (κ1) is 14.1. The van der Waals surface area contributed by atoms with Crippen LogP contribution in [0.25, 0.3) is 15.5 Å². The molecular formula is C16H12N4OS2. The largest absolute Gasteiger partial charge is 0.324 e. The molecule has 0 fully saturated rings. The van der Waals surface area contributed by atoms with Crippen LogP contribution in [0.1, 0.15) is 5.69 Å². The summed E-state index contributed by atoms with van der Waals surface area (Å²) >= 11 is 3.22. The van der Waals surface area contributed by atoms with E-state index in [4.69, 9.17) is 0 Å². The molecule has 1 amide bonds. The first-order chi connectivity index (χ1) is 11.3. The molecule has 1 N–H and O–H groups in total. The molecule has 5 nitrogen and oxygen atoms in total. The van der Waals surface area contributed by atoms with Gasteiger partial charge < -0.3 is 9.72 Å². The van der Waals surface area contributed by atoms with Gasteiger partial charge in [0, 0.05) is 24.0 Å². The summed E-state index contributed by atoms with van der Waals surface area (Å²) < 4.78 is 1.87. The second-order valence-corrected chi connectivity index (χ2v) is 6.76. The summed E-state index contributed by atoms with van der Waals surface area (Å²) in [7, 11) is 0. The number of thiophene rings is 1. The quantitative estimate of drug-likeness (QED) is 0.616. The van der Waals surface area contributed by atoms with Gasteiger partial charge in [-0.3, -0.25) is 4.79 Å². The third-order valence-electron chi connectivity index (χ3n) is 3.30. The number of carbonyl (C=O) groups excluding carboxylic acids is 1. The molecule has 0 aliphatic rings. The van der Waals surface area contributed by atoms with E-state index in [0.717, 1.165) is 26.9 Å². The summed E-state index contributed by atoms with van der Waals surface area (Å²) in [6.07, 6.45) is 5.68. The van der Waals surface area contributed by atoms with Crippen LogP contribution in [0, 0.1) is 0 Å². The van der Waals surface area contributed by atoms with Crippen LogP contribution < -0.4 is 5.32 Å². The van der Waals surface area contributed by atoms with Gasteiger partial charge in [-0.2, -0.15) is 0 Å². The van der Waals surface area contributed by atoms with Crippen molar-refractivity contribution < 1.29 is 4.79 Å². The van der Waals surface area contributed by atoms with Gasteiger partial charge >= 0.3 is 0 Å². The third kappa shape index (κ3) is 3.01. The zero-order valence-electron chi connectivity index (χ0n) is 12.0. The Morgan fingerprint density at radius 3 is 3.09 bits per heavy atom. The van der Waals surface area contributed by atoms with Crippen LogP contribution in [-0.4, -0.2) is 20.3 Å². The summed E-state index contributed by atoms with van der Waals surface area (Å²) in [4.78, 5) is 22.0. The Labute approximate surface area is 140 Å². The summed E-state index contributed by atoms with van der Waals surface area (Å²) in [5.74, 6) is -0.0764. The summed E-state index contributed by atoms with van der Waals surface area (Å²) in [6, 6.07) is 7.75.